The molecule has 0 atom stereocenters. The van der Waals surface area contributed by atoms with Crippen LogP contribution in [-0.4, -0.2) is 101 Å². The summed E-state index contributed by atoms with van der Waals surface area (Å²) in [5, 5.41) is 13.7. The molecule has 2 fully saturated rings. The third kappa shape index (κ3) is 5.40. The SMILES string of the molecule is Cc1cc(CNC(=O)c2nc3n(c(=O)c2O)CC2(CN(C)C4COC4)CCC3(N(C)C(=O)C(=O)N(C)C)CC2)ccc1F. The predicted molar refractivity (Wildman–Crippen MR) is 154 cm³/mol. The highest BCUT2D eigenvalue weighted by atomic mass is 19.1. The highest BCUT2D eigenvalue weighted by Crippen LogP contribution is 2.52. The maximum Gasteiger partial charge on any atom is 0.312 e. The molecule has 43 heavy (non-hydrogen) atoms. The van der Waals surface area contributed by atoms with Crippen LogP contribution in [0.25, 0.3) is 0 Å². The zero-order valence-corrected chi connectivity index (χ0v) is 25.3. The molecule has 1 aromatic heterocycles. The number of hydrogen-bond donors (Lipinski definition) is 2. The molecule has 2 bridgehead atoms. The van der Waals surface area contributed by atoms with E-state index in [1.165, 1.54) is 47.6 Å². The fourth-order valence-electron chi connectivity index (χ4n) is 6.56. The lowest BCUT2D eigenvalue weighted by Gasteiger charge is -2.48. The van der Waals surface area contributed by atoms with Gasteiger partial charge in [-0.2, -0.15) is 0 Å². The summed E-state index contributed by atoms with van der Waals surface area (Å²) in [6.07, 6.45) is 2.09. The molecule has 2 N–H and O–H groups in total. The van der Waals surface area contributed by atoms with Crippen molar-refractivity contribution in [2.75, 3.05) is 47.9 Å². The van der Waals surface area contributed by atoms with E-state index in [4.69, 9.17) is 4.74 Å². The van der Waals surface area contributed by atoms with E-state index in [2.05, 4.69) is 15.2 Å². The molecule has 0 unspecified atom stereocenters. The number of aromatic hydroxyl groups is 1. The number of hydrogen-bond acceptors (Lipinski definition) is 8. The van der Waals surface area contributed by atoms with Gasteiger partial charge in [-0.3, -0.25) is 28.6 Å². The third-order valence-electron chi connectivity index (χ3n) is 9.45. The number of ether oxygens (including phenoxy) is 1. The molecule has 4 aliphatic rings. The van der Waals surface area contributed by atoms with Gasteiger partial charge in [-0.15, -0.1) is 0 Å². The van der Waals surface area contributed by atoms with Crippen molar-refractivity contribution in [3.63, 3.8) is 0 Å². The lowest BCUT2D eigenvalue weighted by molar-refractivity contribution is -0.155. The van der Waals surface area contributed by atoms with Gasteiger partial charge in [-0.05, 0) is 56.8 Å². The van der Waals surface area contributed by atoms with Gasteiger partial charge in [0.05, 0.1) is 19.3 Å². The first-order chi connectivity index (χ1) is 20.3. The lowest BCUT2D eigenvalue weighted by Crippen LogP contribution is -2.56. The van der Waals surface area contributed by atoms with E-state index in [0.717, 1.165) is 0 Å². The van der Waals surface area contributed by atoms with Crippen LogP contribution >= 0.6 is 0 Å². The molecule has 12 nitrogen and oxygen atoms in total. The van der Waals surface area contributed by atoms with Crippen molar-refractivity contribution in [2.45, 2.75) is 57.3 Å². The topological polar surface area (TPSA) is 137 Å². The van der Waals surface area contributed by atoms with E-state index >= 15 is 0 Å². The van der Waals surface area contributed by atoms with Crippen LogP contribution in [0.2, 0.25) is 0 Å². The molecule has 1 aliphatic carbocycles. The number of nitrogens with zero attached hydrogens (tertiary/aromatic N) is 5. The molecular weight excluding hydrogens is 559 g/mol. The molecule has 3 aliphatic heterocycles. The first-order valence-corrected chi connectivity index (χ1v) is 14.4. The number of benzene rings is 1. The third-order valence-corrected chi connectivity index (χ3v) is 9.45. The molecule has 6 rings (SSSR count). The second kappa shape index (κ2) is 11.3. The normalized spacial score (nSPS) is 22.9. The Bertz CT molecular complexity index is 1510. The molecule has 1 saturated carbocycles. The zero-order valence-electron chi connectivity index (χ0n) is 25.3. The summed E-state index contributed by atoms with van der Waals surface area (Å²) in [5.74, 6) is -3.24. The standard InChI is InChI=1S/C30H39FN6O6/c1-18-12-19(6-7-21(18)31)13-32-24(39)22-23(38)25(40)37-17-29(16-35(4)20-14-43-15-20)8-10-30(11-9-29,28(37)33-22)36(5)27(42)26(41)34(2)3/h6-7,12,20,38H,8-11,13-17H2,1-5H3,(H,32,39). The van der Waals surface area contributed by atoms with Gasteiger partial charge in [0.2, 0.25) is 5.75 Å². The van der Waals surface area contributed by atoms with E-state index in [9.17, 15) is 28.7 Å². The second-order valence-corrected chi connectivity index (χ2v) is 12.5. The van der Waals surface area contributed by atoms with Crippen LogP contribution in [0, 0.1) is 18.2 Å². The number of aryl methyl sites for hydroxylation is 1. The Morgan fingerprint density at radius 1 is 1.12 bits per heavy atom. The predicted octanol–water partition coefficient (Wildman–Crippen LogP) is 0.973. The summed E-state index contributed by atoms with van der Waals surface area (Å²) in [6.45, 7) is 3.80. The summed E-state index contributed by atoms with van der Waals surface area (Å²) in [5.41, 5.74) is -1.72. The molecule has 0 spiro atoms. The number of fused-ring (bicyclic) bond motifs is 2. The molecule has 3 amide bonds. The molecule has 0 radical (unpaired) electrons. The fraction of sp³-hybridized carbons (Fsp3) is 0.567. The van der Waals surface area contributed by atoms with Gasteiger partial charge >= 0.3 is 11.8 Å². The first kappa shape index (κ1) is 30.6. The lowest BCUT2D eigenvalue weighted by atomic mass is 9.67. The van der Waals surface area contributed by atoms with Gasteiger partial charge in [-0.1, -0.05) is 12.1 Å². The highest BCUT2D eigenvalue weighted by Gasteiger charge is 2.55. The zero-order chi connectivity index (χ0) is 31.3. The fourth-order valence-corrected chi connectivity index (χ4v) is 6.56. The summed E-state index contributed by atoms with van der Waals surface area (Å²) in [6, 6.07) is 4.69. The van der Waals surface area contributed by atoms with Crippen LogP contribution in [-0.2, 0) is 33.0 Å². The molecule has 4 heterocycles. The minimum Gasteiger partial charge on any atom is -0.501 e. The highest BCUT2D eigenvalue weighted by molar-refractivity contribution is 6.34. The van der Waals surface area contributed by atoms with E-state index in [0.29, 0.717) is 56.6 Å². The summed E-state index contributed by atoms with van der Waals surface area (Å²) < 4.78 is 20.5. The Hall–Kier alpha value is -3.84. The van der Waals surface area contributed by atoms with Gasteiger partial charge in [0, 0.05) is 46.2 Å². The van der Waals surface area contributed by atoms with Crippen molar-refractivity contribution in [2.24, 2.45) is 5.41 Å². The molecule has 232 valence electrons. The number of carbonyl (C=O) groups is 3. The van der Waals surface area contributed by atoms with E-state index in [1.807, 2.05) is 7.05 Å². The smallest absolute Gasteiger partial charge is 0.312 e. The monoisotopic (exact) mass is 598 g/mol. The summed E-state index contributed by atoms with van der Waals surface area (Å²) >= 11 is 0. The number of nitrogens with one attached hydrogen (secondary N) is 1. The summed E-state index contributed by atoms with van der Waals surface area (Å²) in [4.78, 5) is 62.7. The Kier molecular flexibility index (Phi) is 8.07. The maximum atomic E-state index is 13.8. The number of likely N-dealkylation sites (N-methyl/N-ethyl adjacent to an activating group) is 3. The van der Waals surface area contributed by atoms with Crippen LogP contribution in [0.3, 0.4) is 0 Å². The van der Waals surface area contributed by atoms with Crippen LogP contribution in [0.5, 0.6) is 5.75 Å². The average Bonchev–Trinajstić information content (AvgIpc) is 3.16. The van der Waals surface area contributed by atoms with Crippen molar-refractivity contribution in [1.29, 1.82) is 0 Å². The van der Waals surface area contributed by atoms with Crippen molar-refractivity contribution >= 4 is 17.7 Å². The average molecular weight is 599 g/mol. The molecule has 1 saturated heterocycles. The van der Waals surface area contributed by atoms with Crippen LogP contribution in [0.4, 0.5) is 4.39 Å². The Morgan fingerprint density at radius 3 is 2.37 bits per heavy atom. The van der Waals surface area contributed by atoms with Gasteiger partial charge in [-0.25, -0.2) is 9.37 Å². The van der Waals surface area contributed by atoms with Crippen LogP contribution in [0.1, 0.15) is 53.1 Å². The quantitative estimate of drug-likeness (QED) is 0.450. The Morgan fingerprint density at radius 2 is 1.79 bits per heavy atom. The molecule has 1 aromatic carbocycles. The Labute approximate surface area is 249 Å². The van der Waals surface area contributed by atoms with Crippen molar-refractivity contribution in [1.82, 2.24) is 29.6 Å². The largest absolute Gasteiger partial charge is 0.501 e. The van der Waals surface area contributed by atoms with E-state index < -0.39 is 40.3 Å². The van der Waals surface area contributed by atoms with Gasteiger partial charge in [0.25, 0.3) is 11.5 Å². The van der Waals surface area contributed by atoms with E-state index in [1.54, 1.807) is 13.0 Å². The number of amides is 3. The number of rotatable bonds is 7. The molecule has 2 aromatic rings. The van der Waals surface area contributed by atoms with Gasteiger partial charge < -0.3 is 25.0 Å². The summed E-state index contributed by atoms with van der Waals surface area (Å²) in [7, 11) is 6.53. The number of carbonyl (C=O) groups excluding carboxylic acids is 3. The van der Waals surface area contributed by atoms with Crippen LogP contribution < -0.4 is 10.9 Å². The minimum absolute atomic E-state index is 0.0146. The van der Waals surface area contributed by atoms with Crippen molar-refractivity contribution < 1.29 is 28.6 Å². The van der Waals surface area contributed by atoms with Crippen molar-refractivity contribution in [3.05, 3.63) is 57.0 Å². The first-order valence-electron chi connectivity index (χ1n) is 14.4. The number of halogens is 1. The maximum absolute atomic E-state index is 13.8. The van der Waals surface area contributed by atoms with Crippen molar-refractivity contribution in [3.8, 4) is 5.75 Å². The van der Waals surface area contributed by atoms with E-state index in [-0.39, 0.29) is 36.2 Å². The van der Waals surface area contributed by atoms with Crippen LogP contribution in [0.15, 0.2) is 23.0 Å². The molecule has 13 heteroatoms. The minimum atomic E-state index is -1.16. The Balaban J connectivity index is 1.55. The van der Waals surface area contributed by atoms with Gasteiger partial charge in [0.1, 0.15) is 17.2 Å². The molecular formula is C30H39FN6O6. The van der Waals surface area contributed by atoms with Gasteiger partial charge in [0.15, 0.2) is 5.69 Å². The number of aromatic nitrogens is 2. The second-order valence-electron chi connectivity index (χ2n) is 12.5.